The van der Waals surface area contributed by atoms with Crippen molar-refractivity contribution in [2.45, 2.75) is 76.0 Å². The number of alkyl halides is 3. The number of ether oxygens (including phenoxy) is 4. The highest BCUT2D eigenvalue weighted by molar-refractivity contribution is 6.27. The van der Waals surface area contributed by atoms with E-state index in [2.05, 4.69) is 36.5 Å². The molecule has 0 radical (unpaired) electrons. The maximum atomic E-state index is 15.3. The SMILES string of the molecule is CCCCC[C@H]1CC[C@H](c2ccc(-c3ccc(C(=O)Nc4ccc(-c5ccc6c(OC)cc7c(oc8c9c(c%10ccccc%10c87)OC(c7ccc(OC)cc7)(c7ccc(OC)cc7)C=C9)c6c5)c(C(F)(F)F)c4)cc3)cc2)CC1. The smallest absolute Gasteiger partial charge is 0.417 e. The molecule has 1 aliphatic carbocycles. The third kappa shape index (κ3) is 9.51. The normalized spacial score (nSPS) is 16.0. The third-order valence-corrected chi connectivity index (χ3v) is 16.5. The van der Waals surface area contributed by atoms with Gasteiger partial charge in [0, 0.05) is 49.3 Å². The minimum Gasteiger partial charge on any atom is -0.497 e. The summed E-state index contributed by atoms with van der Waals surface area (Å²) < 4.78 is 77.2. The van der Waals surface area contributed by atoms with Crippen LogP contribution in [-0.2, 0) is 11.8 Å². The van der Waals surface area contributed by atoms with Gasteiger partial charge in [-0.3, -0.25) is 4.79 Å². The van der Waals surface area contributed by atoms with Crippen LogP contribution in [0.1, 0.15) is 102 Å². The Labute approximate surface area is 457 Å². The number of hydrogen-bond acceptors (Lipinski definition) is 6. The molecule has 0 bridgehead atoms. The Hall–Kier alpha value is -8.50. The molecule has 1 N–H and O–H groups in total. The second-order valence-electron chi connectivity index (χ2n) is 21.1. The van der Waals surface area contributed by atoms with E-state index in [1.54, 1.807) is 51.7 Å². The van der Waals surface area contributed by atoms with Gasteiger partial charge in [0.05, 0.1) is 32.5 Å². The minimum atomic E-state index is -4.77. The Balaban J connectivity index is 0.861. The molecule has 0 spiro atoms. The summed E-state index contributed by atoms with van der Waals surface area (Å²) in [6.45, 7) is 2.26. The Bertz CT molecular complexity index is 3880. The molecule has 0 saturated heterocycles. The summed E-state index contributed by atoms with van der Waals surface area (Å²) in [7, 11) is 4.84. The third-order valence-electron chi connectivity index (χ3n) is 16.5. The van der Waals surface area contributed by atoms with Gasteiger partial charge in [-0.05, 0) is 150 Å². The second kappa shape index (κ2) is 21.0. The van der Waals surface area contributed by atoms with Gasteiger partial charge in [0.15, 0.2) is 5.60 Å². The predicted octanol–water partition coefficient (Wildman–Crippen LogP) is 18.7. The molecule has 79 heavy (non-hydrogen) atoms. The first kappa shape index (κ1) is 51.3. The lowest BCUT2D eigenvalue weighted by atomic mass is 9.77. The number of halogens is 3. The zero-order valence-corrected chi connectivity index (χ0v) is 44.6. The van der Waals surface area contributed by atoms with E-state index < -0.39 is 23.2 Å². The number of hydrogen-bond donors (Lipinski definition) is 1. The first-order valence-corrected chi connectivity index (χ1v) is 27.3. The summed E-state index contributed by atoms with van der Waals surface area (Å²) in [5, 5.41) is 7.19. The molecule has 12 rings (SSSR count). The summed E-state index contributed by atoms with van der Waals surface area (Å²) in [5.41, 5.74) is 5.49. The number of fused-ring (bicyclic) bond motifs is 10. The summed E-state index contributed by atoms with van der Waals surface area (Å²) in [5.74, 6) is 3.48. The fourth-order valence-electron chi connectivity index (χ4n) is 12.2. The maximum absolute atomic E-state index is 15.3. The van der Waals surface area contributed by atoms with Crippen molar-refractivity contribution in [2.75, 3.05) is 26.6 Å². The van der Waals surface area contributed by atoms with Crippen LogP contribution < -0.4 is 24.3 Å². The Morgan fingerprint density at radius 3 is 1.91 bits per heavy atom. The molecule has 10 aromatic rings. The molecule has 1 aromatic heterocycles. The highest BCUT2D eigenvalue weighted by Crippen LogP contribution is 2.52. The van der Waals surface area contributed by atoms with Crippen LogP contribution in [0.4, 0.5) is 18.9 Å². The molecule has 1 aliphatic heterocycles. The van der Waals surface area contributed by atoms with Gasteiger partial charge >= 0.3 is 6.18 Å². The van der Waals surface area contributed by atoms with Crippen LogP contribution >= 0.6 is 0 Å². The van der Waals surface area contributed by atoms with Crippen LogP contribution in [0.25, 0.3) is 71.8 Å². The van der Waals surface area contributed by atoms with Crippen LogP contribution in [0.15, 0.2) is 174 Å². The molecule has 9 aromatic carbocycles. The molecule has 0 atom stereocenters. The van der Waals surface area contributed by atoms with Crippen molar-refractivity contribution in [1.29, 1.82) is 0 Å². The highest BCUT2D eigenvalue weighted by atomic mass is 19.4. The van der Waals surface area contributed by atoms with Gasteiger partial charge in [0.1, 0.15) is 34.2 Å². The Morgan fingerprint density at radius 1 is 0.633 bits per heavy atom. The van der Waals surface area contributed by atoms with Crippen LogP contribution in [0.2, 0.25) is 0 Å². The van der Waals surface area contributed by atoms with E-state index in [9.17, 15) is 4.79 Å². The number of anilines is 1. The lowest BCUT2D eigenvalue weighted by Crippen LogP contribution is -2.34. The van der Waals surface area contributed by atoms with E-state index >= 15 is 13.2 Å². The van der Waals surface area contributed by atoms with Gasteiger partial charge in [-0.1, -0.05) is 130 Å². The van der Waals surface area contributed by atoms with Crippen molar-refractivity contribution in [3.05, 3.63) is 203 Å². The van der Waals surface area contributed by atoms with E-state index in [4.69, 9.17) is 23.4 Å². The molecule has 1 fully saturated rings. The fourth-order valence-corrected chi connectivity index (χ4v) is 12.2. The average molecular weight is 1060 g/mol. The van der Waals surface area contributed by atoms with Crippen LogP contribution in [0.3, 0.4) is 0 Å². The molecule has 398 valence electrons. The zero-order valence-electron chi connectivity index (χ0n) is 44.6. The number of benzene rings is 9. The number of rotatable bonds is 14. The molecule has 0 unspecified atom stereocenters. The molecular formula is C69H60F3NO6. The van der Waals surface area contributed by atoms with Gasteiger partial charge in [-0.2, -0.15) is 13.2 Å². The number of nitrogens with one attached hydrogen (secondary N) is 1. The second-order valence-corrected chi connectivity index (χ2v) is 21.1. The summed E-state index contributed by atoms with van der Waals surface area (Å²) in [6, 6.07) is 50.5. The number of amides is 1. The van der Waals surface area contributed by atoms with Crippen molar-refractivity contribution in [3.8, 4) is 45.3 Å². The van der Waals surface area contributed by atoms with Crippen LogP contribution in [0.5, 0.6) is 23.0 Å². The summed E-state index contributed by atoms with van der Waals surface area (Å²) in [6.07, 6.45) is 9.63. The van der Waals surface area contributed by atoms with Crippen molar-refractivity contribution >= 4 is 61.2 Å². The quantitative estimate of drug-likeness (QED) is 0.109. The predicted molar refractivity (Wildman–Crippen MR) is 311 cm³/mol. The van der Waals surface area contributed by atoms with Gasteiger partial charge in [-0.15, -0.1) is 0 Å². The standard InChI is InChI=1S/C69H60F3NO6/c1-5-6-7-10-42-13-15-43(16-14-42)44-17-19-45(20-18-44)46-21-23-47(24-22-46)67(74)73-51-30-36-54(61(40-51)69(70,71)72)48-25-35-55-59(39-48)64-60(41-62(55)77-4)63-56-11-8-9-12-57(56)65-58(66(63)78-64)37-38-68(79-65,49-26-31-52(75-2)32-27-49)50-28-33-53(76-3)34-29-50/h8-9,11-12,17-43H,5-7,10,13-16H2,1-4H3,(H,73,74)/t42-,43-. The number of furan rings is 1. The van der Waals surface area contributed by atoms with E-state index in [0.717, 1.165) is 55.8 Å². The minimum absolute atomic E-state index is 0.0211. The molecule has 10 heteroatoms. The van der Waals surface area contributed by atoms with Gasteiger partial charge < -0.3 is 28.7 Å². The van der Waals surface area contributed by atoms with Crippen molar-refractivity contribution < 1.29 is 41.3 Å². The van der Waals surface area contributed by atoms with Crippen molar-refractivity contribution in [3.63, 3.8) is 0 Å². The van der Waals surface area contributed by atoms with Crippen LogP contribution in [0, 0.1) is 5.92 Å². The molecule has 1 saturated carbocycles. The van der Waals surface area contributed by atoms with E-state index in [1.807, 2.05) is 103 Å². The number of methoxy groups -OCH3 is 3. The summed E-state index contributed by atoms with van der Waals surface area (Å²) in [4.78, 5) is 13.6. The number of carbonyl (C=O) groups is 1. The van der Waals surface area contributed by atoms with Crippen molar-refractivity contribution in [2.24, 2.45) is 5.92 Å². The zero-order chi connectivity index (χ0) is 54.4. The first-order valence-electron chi connectivity index (χ1n) is 27.3. The van der Waals surface area contributed by atoms with Gasteiger partial charge in [0.2, 0.25) is 0 Å². The van der Waals surface area contributed by atoms with E-state index in [0.29, 0.717) is 67.5 Å². The largest absolute Gasteiger partial charge is 0.497 e. The fraction of sp³-hybridized carbons (Fsp3) is 0.232. The molecule has 7 nitrogen and oxygen atoms in total. The molecule has 2 heterocycles. The molecular weight excluding hydrogens is 996 g/mol. The monoisotopic (exact) mass is 1060 g/mol. The number of unbranched alkanes of at least 4 members (excludes halogenated alkanes) is 2. The maximum Gasteiger partial charge on any atom is 0.417 e. The van der Waals surface area contributed by atoms with E-state index in [1.165, 1.54) is 69.1 Å². The summed E-state index contributed by atoms with van der Waals surface area (Å²) >= 11 is 0. The van der Waals surface area contributed by atoms with Crippen LogP contribution in [-0.4, -0.2) is 27.2 Å². The topological polar surface area (TPSA) is 79.2 Å². The van der Waals surface area contributed by atoms with Crippen molar-refractivity contribution in [1.82, 2.24) is 0 Å². The van der Waals surface area contributed by atoms with E-state index in [-0.39, 0.29) is 11.3 Å². The Morgan fingerprint density at radius 2 is 1.28 bits per heavy atom. The highest BCUT2D eigenvalue weighted by Gasteiger charge is 2.40. The average Bonchev–Trinajstić information content (AvgIpc) is 3.42. The van der Waals surface area contributed by atoms with Gasteiger partial charge in [-0.25, -0.2) is 0 Å². The lowest BCUT2D eigenvalue weighted by molar-refractivity contribution is -0.137. The van der Waals surface area contributed by atoms with Gasteiger partial charge in [0.25, 0.3) is 5.91 Å². The first-order chi connectivity index (χ1) is 38.5. The molecule has 1 amide bonds. The Kier molecular flexibility index (Phi) is 13.7. The lowest BCUT2D eigenvalue weighted by Gasteiger charge is -2.36. The number of carbonyl (C=O) groups excluding carboxylic acids is 1. The molecule has 2 aliphatic rings.